The highest BCUT2D eigenvalue weighted by atomic mass is 35.5. The van der Waals surface area contributed by atoms with Gasteiger partial charge in [0.2, 0.25) is 0 Å². The second-order valence-corrected chi connectivity index (χ2v) is 9.79. The summed E-state index contributed by atoms with van der Waals surface area (Å²) in [6.07, 6.45) is 4.25. The average molecular weight is 554 g/mol. The first-order chi connectivity index (χ1) is 17.7. The van der Waals surface area contributed by atoms with Crippen LogP contribution in [0.2, 0.25) is 0 Å². The van der Waals surface area contributed by atoms with Crippen LogP contribution in [0.15, 0.2) is 101 Å². The van der Waals surface area contributed by atoms with E-state index in [9.17, 15) is 17.6 Å². The maximum absolute atomic E-state index is 14.8. The van der Waals surface area contributed by atoms with Crippen molar-refractivity contribution in [2.45, 2.75) is 10.4 Å². The van der Waals surface area contributed by atoms with Crippen LogP contribution in [0.5, 0.6) is 5.75 Å². The Bertz CT molecular complexity index is 1620. The number of nitrogens with zero attached hydrogens (tertiary/aromatic N) is 4. The summed E-state index contributed by atoms with van der Waals surface area (Å²) in [6, 6.07) is 17.8. The van der Waals surface area contributed by atoms with Crippen molar-refractivity contribution >= 4 is 34.4 Å². The molecule has 0 bridgehead atoms. The first-order valence-electron chi connectivity index (χ1n) is 11.0. The van der Waals surface area contributed by atoms with Crippen molar-refractivity contribution in [2.75, 3.05) is 7.05 Å². The lowest BCUT2D eigenvalue weighted by atomic mass is 9.81. The minimum Gasteiger partial charge on any atom is -0.379 e. The van der Waals surface area contributed by atoms with E-state index in [2.05, 4.69) is 15.0 Å². The number of benzene rings is 3. The molecule has 1 aromatic heterocycles. The highest BCUT2D eigenvalue weighted by Crippen LogP contribution is 2.41. The Morgan fingerprint density at radius 1 is 0.947 bits per heavy atom. The molecule has 0 saturated heterocycles. The predicted molar refractivity (Wildman–Crippen MR) is 141 cm³/mol. The van der Waals surface area contributed by atoms with Crippen molar-refractivity contribution < 1.29 is 21.8 Å². The molecule has 1 amide bonds. The standard InChI is InChI=1S/C26H20FN5O4S.ClH/c1-32-24(33)26(31-25(32)28,19-9-12-23(27)22(13-19)17-14-29-16-30-15-17)18-7-10-20(11-8-18)36-37(34,35)21-5-3-2-4-6-21;/h2-16H,1H3,(H2,28,31);1H. The fourth-order valence-corrected chi connectivity index (χ4v) is 5.06. The van der Waals surface area contributed by atoms with Gasteiger partial charge in [0.05, 0.1) is 0 Å². The quantitative estimate of drug-likeness (QED) is 0.362. The van der Waals surface area contributed by atoms with Crippen molar-refractivity contribution in [3.05, 3.63) is 108 Å². The summed E-state index contributed by atoms with van der Waals surface area (Å²) < 4.78 is 45.2. The highest BCUT2D eigenvalue weighted by Gasteiger charge is 2.49. The lowest BCUT2D eigenvalue weighted by Gasteiger charge is -2.27. The van der Waals surface area contributed by atoms with E-state index in [-0.39, 0.29) is 34.6 Å². The SMILES string of the molecule is CN1C(=O)C(c2ccc(OS(=O)(=O)c3ccccc3)cc2)(c2ccc(F)c(-c3cncnc3)c2)N=C1N.Cl. The van der Waals surface area contributed by atoms with E-state index < -0.39 is 27.4 Å². The monoisotopic (exact) mass is 553 g/mol. The number of guanidine groups is 1. The van der Waals surface area contributed by atoms with Crippen molar-refractivity contribution in [3.8, 4) is 16.9 Å². The molecule has 38 heavy (non-hydrogen) atoms. The van der Waals surface area contributed by atoms with Gasteiger partial charge in [-0.1, -0.05) is 36.4 Å². The summed E-state index contributed by atoms with van der Waals surface area (Å²) in [5.74, 6) is -0.970. The number of rotatable bonds is 6. The molecule has 0 spiro atoms. The van der Waals surface area contributed by atoms with E-state index >= 15 is 0 Å². The van der Waals surface area contributed by atoms with Gasteiger partial charge >= 0.3 is 10.1 Å². The summed E-state index contributed by atoms with van der Waals surface area (Å²) in [5, 5.41) is 0. The van der Waals surface area contributed by atoms with Crippen LogP contribution in [-0.2, 0) is 20.5 Å². The lowest BCUT2D eigenvalue weighted by molar-refractivity contribution is -0.129. The van der Waals surface area contributed by atoms with E-state index in [1.54, 1.807) is 18.2 Å². The highest BCUT2D eigenvalue weighted by molar-refractivity contribution is 7.87. The number of likely N-dealkylation sites (N-methyl/N-ethyl adjacent to an activating group) is 1. The molecule has 194 valence electrons. The number of nitrogens with two attached hydrogens (primary N) is 1. The second-order valence-electron chi connectivity index (χ2n) is 8.24. The number of amides is 1. The molecule has 0 fully saturated rings. The number of aliphatic imine (C=N–C) groups is 1. The summed E-state index contributed by atoms with van der Waals surface area (Å²) >= 11 is 0. The topological polar surface area (TPSA) is 128 Å². The van der Waals surface area contributed by atoms with Gasteiger partial charge in [0.25, 0.3) is 5.91 Å². The summed E-state index contributed by atoms with van der Waals surface area (Å²) in [6.45, 7) is 0. The van der Waals surface area contributed by atoms with Crippen molar-refractivity contribution in [3.63, 3.8) is 0 Å². The van der Waals surface area contributed by atoms with E-state index in [1.165, 1.54) is 85.3 Å². The number of carbonyl (C=O) groups excluding carboxylic acids is 1. The fourth-order valence-electron chi connectivity index (χ4n) is 4.11. The van der Waals surface area contributed by atoms with E-state index in [4.69, 9.17) is 9.92 Å². The first-order valence-corrected chi connectivity index (χ1v) is 12.4. The first kappa shape index (κ1) is 26.7. The zero-order valence-corrected chi connectivity index (χ0v) is 21.5. The molecule has 2 N–H and O–H groups in total. The van der Waals surface area contributed by atoms with Gasteiger partial charge in [-0.15, -0.1) is 12.4 Å². The molecule has 4 aromatic rings. The zero-order chi connectivity index (χ0) is 26.2. The number of hydrogen-bond acceptors (Lipinski definition) is 8. The predicted octanol–water partition coefficient (Wildman–Crippen LogP) is 3.50. The number of carbonyl (C=O) groups is 1. The molecule has 2 heterocycles. The average Bonchev–Trinajstić information content (AvgIpc) is 3.15. The van der Waals surface area contributed by atoms with Gasteiger partial charge in [0.15, 0.2) is 11.5 Å². The molecule has 1 aliphatic rings. The maximum Gasteiger partial charge on any atom is 0.339 e. The minimum atomic E-state index is -4.06. The van der Waals surface area contributed by atoms with Crippen LogP contribution in [0.1, 0.15) is 11.1 Å². The van der Waals surface area contributed by atoms with Gasteiger partial charge in [0, 0.05) is 30.6 Å². The smallest absolute Gasteiger partial charge is 0.339 e. The van der Waals surface area contributed by atoms with Gasteiger partial charge in [-0.25, -0.2) is 19.4 Å². The molecule has 0 radical (unpaired) electrons. The van der Waals surface area contributed by atoms with Crippen LogP contribution in [-0.4, -0.2) is 42.2 Å². The molecule has 5 rings (SSSR count). The third-order valence-corrected chi connectivity index (χ3v) is 7.27. The van der Waals surface area contributed by atoms with Gasteiger partial charge in [-0.2, -0.15) is 8.42 Å². The molecule has 3 aromatic carbocycles. The largest absolute Gasteiger partial charge is 0.379 e. The van der Waals surface area contributed by atoms with Gasteiger partial charge < -0.3 is 9.92 Å². The molecule has 0 saturated carbocycles. The van der Waals surface area contributed by atoms with Gasteiger partial charge in [-0.3, -0.25) is 9.69 Å². The summed E-state index contributed by atoms with van der Waals surface area (Å²) in [5.41, 5.74) is 5.75. The van der Waals surface area contributed by atoms with E-state index in [0.29, 0.717) is 16.7 Å². The van der Waals surface area contributed by atoms with Crippen LogP contribution in [0.3, 0.4) is 0 Å². The molecular formula is C26H21ClFN5O4S. The Kier molecular flexibility index (Phi) is 7.16. The molecule has 12 heteroatoms. The zero-order valence-electron chi connectivity index (χ0n) is 19.9. The molecule has 1 aliphatic heterocycles. The number of hydrogen-bond donors (Lipinski definition) is 1. The van der Waals surface area contributed by atoms with Crippen LogP contribution in [0.4, 0.5) is 4.39 Å². The number of aromatic nitrogens is 2. The Morgan fingerprint density at radius 2 is 1.58 bits per heavy atom. The third-order valence-electron chi connectivity index (χ3n) is 6.01. The summed E-state index contributed by atoms with van der Waals surface area (Å²) in [7, 11) is -2.57. The fraction of sp³-hybridized carbons (Fsp3) is 0.0769. The molecule has 0 aliphatic carbocycles. The van der Waals surface area contributed by atoms with Gasteiger partial charge in [-0.05, 0) is 47.5 Å². The Labute approximate surface area is 224 Å². The van der Waals surface area contributed by atoms with Crippen molar-refractivity contribution in [1.29, 1.82) is 0 Å². The summed E-state index contributed by atoms with van der Waals surface area (Å²) in [4.78, 5) is 27.1. The Balaban J connectivity index is 0.00000336. The van der Waals surface area contributed by atoms with E-state index in [1.807, 2.05) is 0 Å². The van der Waals surface area contributed by atoms with Crippen molar-refractivity contribution in [1.82, 2.24) is 14.9 Å². The number of halogens is 2. The van der Waals surface area contributed by atoms with Crippen LogP contribution in [0.25, 0.3) is 11.1 Å². The van der Waals surface area contributed by atoms with Crippen LogP contribution < -0.4 is 9.92 Å². The van der Waals surface area contributed by atoms with E-state index in [0.717, 1.165) is 0 Å². The Morgan fingerprint density at radius 3 is 2.18 bits per heavy atom. The third kappa shape index (κ3) is 4.57. The lowest BCUT2D eigenvalue weighted by Crippen LogP contribution is -2.41. The van der Waals surface area contributed by atoms with Crippen LogP contribution >= 0.6 is 12.4 Å². The van der Waals surface area contributed by atoms with Gasteiger partial charge in [0.1, 0.15) is 22.8 Å². The molecule has 9 nitrogen and oxygen atoms in total. The van der Waals surface area contributed by atoms with Crippen LogP contribution in [0, 0.1) is 5.82 Å². The molecule has 1 atom stereocenters. The Hall–Kier alpha value is -4.35. The van der Waals surface area contributed by atoms with Crippen molar-refractivity contribution in [2.24, 2.45) is 10.7 Å². The normalized spacial score (nSPS) is 17.1. The molecular weight excluding hydrogens is 533 g/mol. The minimum absolute atomic E-state index is 0. The second kappa shape index (κ2) is 10.2. The molecule has 1 unspecified atom stereocenters. The maximum atomic E-state index is 14.8.